The van der Waals surface area contributed by atoms with Crippen LogP contribution in [-0.2, 0) is 0 Å². The molecule has 1 fully saturated rings. The van der Waals surface area contributed by atoms with Gasteiger partial charge in [-0.15, -0.1) is 0 Å². The monoisotopic (exact) mass is 337 g/mol. The average Bonchev–Trinajstić information content (AvgIpc) is 3.27. The van der Waals surface area contributed by atoms with E-state index in [0.29, 0.717) is 11.6 Å². The summed E-state index contributed by atoms with van der Waals surface area (Å²) in [5.74, 6) is -0.636. The molecule has 0 bridgehead atoms. The first-order valence-electron chi connectivity index (χ1n) is 6.61. The van der Waals surface area contributed by atoms with E-state index in [9.17, 15) is 8.78 Å². The van der Waals surface area contributed by atoms with Crippen LogP contribution in [0.3, 0.4) is 0 Å². The van der Waals surface area contributed by atoms with Gasteiger partial charge >= 0.3 is 0 Å². The van der Waals surface area contributed by atoms with Crippen molar-refractivity contribution in [1.29, 1.82) is 0 Å². The molecule has 2 aromatic carbocycles. The van der Waals surface area contributed by atoms with Gasteiger partial charge < -0.3 is 5.32 Å². The second-order valence-electron chi connectivity index (χ2n) is 5.12. The number of hydrogen-bond donors (Lipinski definition) is 1. The van der Waals surface area contributed by atoms with E-state index >= 15 is 0 Å². The van der Waals surface area contributed by atoms with E-state index in [1.807, 2.05) is 30.3 Å². The molecular formula is C16H14BrF2N. The Morgan fingerprint density at radius 2 is 1.75 bits per heavy atom. The zero-order valence-electron chi connectivity index (χ0n) is 10.7. The molecular weight excluding hydrogens is 324 g/mol. The molecule has 4 heteroatoms. The van der Waals surface area contributed by atoms with Crippen LogP contribution in [0.25, 0.3) is 0 Å². The summed E-state index contributed by atoms with van der Waals surface area (Å²) >= 11 is 3.10. The van der Waals surface area contributed by atoms with Crippen molar-refractivity contribution in [2.75, 3.05) is 5.32 Å². The lowest BCUT2D eigenvalue weighted by atomic mass is 10.0. The average molecular weight is 338 g/mol. The standard InChI is InChI=1S/C16H14BrF2N/c17-12-8-15(14(19)9-13(12)18)20-16(11-6-7-11)10-4-2-1-3-5-10/h1-5,8-9,11,16,20H,6-7H2. The van der Waals surface area contributed by atoms with Gasteiger partial charge in [-0.1, -0.05) is 30.3 Å². The molecule has 104 valence electrons. The van der Waals surface area contributed by atoms with E-state index < -0.39 is 11.6 Å². The molecule has 0 aromatic heterocycles. The molecule has 2 aromatic rings. The van der Waals surface area contributed by atoms with Crippen LogP contribution in [0.4, 0.5) is 14.5 Å². The van der Waals surface area contributed by atoms with Gasteiger partial charge in [0.05, 0.1) is 16.2 Å². The fraction of sp³-hybridized carbons (Fsp3) is 0.250. The molecule has 1 atom stereocenters. The summed E-state index contributed by atoms with van der Waals surface area (Å²) in [5.41, 5.74) is 1.47. The number of anilines is 1. The highest BCUT2D eigenvalue weighted by Gasteiger charge is 2.32. The molecule has 0 amide bonds. The molecule has 1 aliphatic rings. The Morgan fingerprint density at radius 3 is 2.40 bits per heavy atom. The molecule has 0 saturated heterocycles. The molecule has 0 radical (unpaired) electrons. The van der Waals surface area contributed by atoms with Gasteiger partial charge in [-0.2, -0.15) is 0 Å². The minimum absolute atomic E-state index is 0.0723. The van der Waals surface area contributed by atoms with Gasteiger partial charge in [0.2, 0.25) is 0 Å². The molecule has 1 saturated carbocycles. The summed E-state index contributed by atoms with van der Waals surface area (Å²) in [6, 6.07) is 12.4. The van der Waals surface area contributed by atoms with E-state index in [4.69, 9.17) is 0 Å². The SMILES string of the molecule is Fc1cc(F)c(NC(c2ccccc2)C2CC2)cc1Br. The van der Waals surface area contributed by atoms with Crippen LogP contribution in [0.5, 0.6) is 0 Å². The quantitative estimate of drug-likeness (QED) is 0.747. The summed E-state index contributed by atoms with van der Waals surface area (Å²) in [6.07, 6.45) is 2.27. The van der Waals surface area contributed by atoms with E-state index in [0.717, 1.165) is 24.5 Å². The lowest BCUT2D eigenvalue weighted by molar-refractivity contribution is 0.576. The van der Waals surface area contributed by atoms with Crippen LogP contribution in [0.2, 0.25) is 0 Å². The van der Waals surface area contributed by atoms with Crippen molar-refractivity contribution < 1.29 is 8.78 Å². The summed E-state index contributed by atoms with van der Waals surface area (Å²) < 4.78 is 27.4. The predicted molar refractivity (Wildman–Crippen MR) is 79.6 cm³/mol. The lowest BCUT2D eigenvalue weighted by Gasteiger charge is -2.20. The summed E-state index contributed by atoms with van der Waals surface area (Å²) in [4.78, 5) is 0. The van der Waals surface area contributed by atoms with Crippen molar-refractivity contribution >= 4 is 21.6 Å². The van der Waals surface area contributed by atoms with E-state index in [-0.39, 0.29) is 10.5 Å². The molecule has 1 aliphatic carbocycles. The van der Waals surface area contributed by atoms with Gasteiger partial charge in [-0.3, -0.25) is 0 Å². The van der Waals surface area contributed by atoms with Crippen molar-refractivity contribution in [3.8, 4) is 0 Å². The molecule has 0 aliphatic heterocycles. The zero-order valence-corrected chi connectivity index (χ0v) is 12.3. The van der Waals surface area contributed by atoms with E-state index in [1.54, 1.807) is 0 Å². The normalized spacial score (nSPS) is 15.9. The third-order valence-corrected chi connectivity index (χ3v) is 4.18. The topological polar surface area (TPSA) is 12.0 Å². The van der Waals surface area contributed by atoms with Crippen LogP contribution in [0.15, 0.2) is 46.9 Å². The molecule has 1 unspecified atom stereocenters. The summed E-state index contributed by atoms with van der Waals surface area (Å²) in [5, 5.41) is 3.22. The smallest absolute Gasteiger partial charge is 0.149 e. The van der Waals surface area contributed by atoms with Crippen molar-refractivity contribution in [2.24, 2.45) is 5.92 Å². The van der Waals surface area contributed by atoms with Crippen LogP contribution in [0.1, 0.15) is 24.4 Å². The van der Waals surface area contributed by atoms with Crippen LogP contribution >= 0.6 is 15.9 Å². The van der Waals surface area contributed by atoms with Gasteiger partial charge in [0.25, 0.3) is 0 Å². The Bertz CT molecular complexity index is 611. The van der Waals surface area contributed by atoms with Gasteiger partial charge in [0, 0.05) is 6.07 Å². The van der Waals surface area contributed by atoms with Crippen LogP contribution in [0, 0.1) is 17.6 Å². The maximum absolute atomic E-state index is 13.9. The molecule has 20 heavy (non-hydrogen) atoms. The zero-order chi connectivity index (χ0) is 14.1. The Morgan fingerprint density at radius 1 is 1.05 bits per heavy atom. The maximum atomic E-state index is 13.9. The molecule has 3 rings (SSSR count). The number of hydrogen-bond acceptors (Lipinski definition) is 1. The fourth-order valence-corrected chi connectivity index (χ4v) is 2.71. The minimum Gasteiger partial charge on any atom is -0.376 e. The van der Waals surface area contributed by atoms with Gasteiger partial charge in [0.1, 0.15) is 11.6 Å². The molecule has 0 heterocycles. The summed E-state index contributed by atoms with van der Waals surface area (Å²) in [7, 11) is 0. The molecule has 1 N–H and O–H groups in total. The third kappa shape index (κ3) is 2.85. The van der Waals surface area contributed by atoms with Crippen molar-refractivity contribution in [1.82, 2.24) is 0 Å². The second-order valence-corrected chi connectivity index (χ2v) is 5.97. The van der Waals surface area contributed by atoms with Gasteiger partial charge in [0.15, 0.2) is 0 Å². The first-order chi connectivity index (χ1) is 9.65. The number of halogens is 3. The third-order valence-electron chi connectivity index (χ3n) is 3.57. The Labute approximate surface area is 125 Å². The highest BCUT2D eigenvalue weighted by atomic mass is 79.9. The fourth-order valence-electron chi connectivity index (χ4n) is 2.36. The number of benzene rings is 2. The Kier molecular flexibility index (Phi) is 3.74. The van der Waals surface area contributed by atoms with Gasteiger partial charge in [-0.05, 0) is 46.3 Å². The largest absolute Gasteiger partial charge is 0.376 e. The highest BCUT2D eigenvalue weighted by molar-refractivity contribution is 9.10. The summed E-state index contributed by atoms with van der Waals surface area (Å²) in [6.45, 7) is 0. The number of nitrogens with one attached hydrogen (secondary N) is 1. The van der Waals surface area contributed by atoms with E-state index in [2.05, 4.69) is 21.2 Å². The Hall–Kier alpha value is -1.42. The Balaban J connectivity index is 1.89. The highest BCUT2D eigenvalue weighted by Crippen LogP contribution is 2.43. The predicted octanol–water partition coefficient (Wildman–Crippen LogP) is 5.29. The van der Waals surface area contributed by atoms with E-state index in [1.165, 1.54) is 6.07 Å². The maximum Gasteiger partial charge on any atom is 0.149 e. The molecule has 0 spiro atoms. The van der Waals surface area contributed by atoms with Crippen molar-refractivity contribution in [3.63, 3.8) is 0 Å². The minimum atomic E-state index is -0.587. The second kappa shape index (κ2) is 5.52. The van der Waals surface area contributed by atoms with Gasteiger partial charge in [-0.25, -0.2) is 8.78 Å². The number of rotatable bonds is 4. The first kappa shape index (κ1) is 13.6. The molecule has 1 nitrogen and oxygen atoms in total. The van der Waals surface area contributed by atoms with Crippen LogP contribution in [-0.4, -0.2) is 0 Å². The van der Waals surface area contributed by atoms with Crippen LogP contribution < -0.4 is 5.32 Å². The first-order valence-corrected chi connectivity index (χ1v) is 7.40. The van der Waals surface area contributed by atoms with Crippen molar-refractivity contribution in [3.05, 3.63) is 64.1 Å². The lowest BCUT2D eigenvalue weighted by Crippen LogP contribution is -2.14. The van der Waals surface area contributed by atoms with Crippen molar-refractivity contribution in [2.45, 2.75) is 18.9 Å².